The summed E-state index contributed by atoms with van der Waals surface area (Å²) in [5, 5.41) is 24.2. The third-order valence-electron chi connectivity index (χ3n) is 2.77. The largest absolute Gasteiger partial charge is 0.504 e. The van der Waals surface area contributed by atoms with Crippen molar-refractivity contribution in [3.8, 4) is 11.5 Å². The van der Waals surface area contributed by atoms with E-state index in [-0.39, 0.29) is 11.4 Å². The summed E-state index contributed by atoms with van der Waals surface area (Å²) in [7, 11) is 0. The van der Waals surface area contributed by atoms with Crippen LogP contribution in [0.3, 0.4) is 0 Å². The molecule has 0 spiro atoms. The third-order valence-corrected chi connectivity index (χ3v) is 2.77. The van der Waals surface area contributed by atoms with E-state index < -0.39 is 4.92 Å². The number of hydrogen-bond acceptors (Lipinski definition) is 6. The molecule has 114 valence electrons. The van der Waals surface area contributed by atoms with Crippen molar-refractivity contribution in [2.75, 3.05) is 12.0 Å². The van der Waals surface area contributed by atoms with Gasteiger partial charge in [-0.2, -0.15) is 5.10 Å². The van der Waals surface area contributed by atoms with Crippen molar-refractivity contribution < 1.29 is 14.8 Å². The third kappa shape index (κ3) is 3.95. The Labute approximate surface area is 127 Å². The van der Waals surface area contributed by atoms with Crippen LogP contribution in [0.15, 0.2) is 47.6 Å². The summed E-state index contributed by atoms with van der Waals surface area (Å²) in [6.45, 7) is 2.28. The lowest BCUT2D eigenvalue weighted by atomic mass is 10.2. The van der Waals surface area contributed by atoms with Gasteiger partial charge in [-0.05, 0) is 42.8 Å². The van der Waals surface area contributed by atoms with Crippen LogP contribution in [0.4, 0.5) is 11.4 Å². The maximum atomic E-state index is 10.5. The van der Waals surface area contributed by atoms with Gasteiger partial charge in [-0.1, -0.05) is 0 Å². The van der Waals surface area contributed by atoms with Crippen molar-refractivity contribution in [2.45, 2.75) is 6.92 Å². The Hall–Kier alpha value is -3.09. The number of hydrazone groups is 1. The van der Waals surface area contributed by atoms with Crippen LogP contribution >= 0.6 is 0 Å². The predicted molar refractivity (Wildman–Crippen MR) is 83.6 cm³/mol. The van der Waals surface area contributed by atoms with Crippen molar-refractivity contribution in [2.24, 2.45) is 5.10 Å². The molecule has 0 amide bonds. The van der Waals surface area contributed by atoms with Crippen molar-refractivity contribution in [1.82, 2.24) is 0 Å². The van der Waals surface area contributed by atoms with Crippen LogP contribution in [-0.4, -0.2) is 22.9 Å². The van der Waals surface area contributed by atoms with E-state index in [1.165, 1.54) is 18.2 Å². The van der Waals surface area contributed by atoms with Gasteiger partial charge < -0.3 is 9.84 Å². The number of rotatable bonds is 6. The zero-order valence-corrected chi connectivity index (χ0v) is 11.9. The lowest BCUT2D eigenvalue weighted by molar-refractivity contribution is -0.384. The van der Waals surface area contributed by atoms with Crippen LogP contribution in [-0.2, 0) is 0 Å². The normalized spacial score (nSPS) is 10.6. The number of phenolic OH excluding ortho intramolecular Hbond substituents is 1. The molecule has 0 bridgehead atoms. The number of nitro benzene ring substituents is 1. The second kappa shape index (κ2) is 7.07. The molecule has 0 aromatic heterocycles. The quantitative estimate of drug-likeness (QED) is 0.485. The molecule has 0 saturated heterocycles. The van der Waals surface area contributed by atoms with Gasteiger partial charge in [-0.25, -0.2) is 0 Å². The zero-order valence-electron chi connectivity index (χ0n) is 11.9. The fraction of sp³-hybridized carbons (Fsp3) is 0.133. The fourth-order valence-electron chi connectivity index (χ4n) is 1.72. The average molecular weight is 301 g/mol. The van der Waals surface area contributed by atoms with Gasteiger partial charge in [0.25, 0.3) is 5.69 Å². The summed E-state index contributed by atoms with van der Waals surface area (Å²) in [4.78, 5) is 10.1. The summed E-state index contributed by atoms with van der Waals surface area (Å²) in [6.07, 6.45) is 1.56. The predicted octanol–water partition coefficient (Wildman–Crippen LogP) is 3.15. The number of non-ortho nitro benzene ring substituents is 1. The number of ether oxygens (including phenoxy) is 1. The molecule has 0 fully saturated rings. The Balaban J connectivity index is 2.03. The summed E-state index contributed by atoms with van der Waals surface area (Å²) in [6, 6.07) is 10.8. The Kier molecular flexibility index (Phi) is 4.92. The first kappa shape index (κ1) is 15.3. The molecule has 2 N–H and O–H groups in total. The number of anilines is 1. The fourth-order valence-corrected chi connectivity index (χ4v) is 1.72. The SMILES string of the molecule is CCOc1cc(C=NNc2ccc([N+](=O)[O-])cc2)ccc1O. The van der Waals surface area contributed by atoms with Gasteiger partial charge in [0.15, 0.2) is 11.5 Å². The van der Waals surface area contributed by atoms with Crippen LogP contribution < -0.4 is 10.2 Å². The number of benzene rings is 2. The van der Waals surface area contributed by atoms with Crippen LogP contribution in [0.5, 0.6) is 11.5 Å². The highest BCUT2D eigenvalue weighted by atomic mass is 16.6. The highest BCUT2D eigenvalue weighted by Gasteiger charge is 2.03. The van der Waals surface area contributed by atoms with Crippen molar-refractivity contribution >= 4 is 17.6 Å². The Bertz CT molecular complexity index is 684. The van der Waals surface area contributed by atoms with E-state index in [1.807, 2.05) is 6.92 Å². The van der Waals surface area contributed by atoms with Crippen molar-refractivity contribution in [1.29, 1.82) is 0 Å². The van der Waals surface area contributed by atoms with E-state index in [1.54, 1.807) is 30.5 Å². The van der Waals surface area contributed by atoms with E-state index in [0.29, 0.717) is 18.0 Å². The van der Waals surface area contributed by atoms with E-state index in [4.69, 9.17) is 4.74 Å². The standard InChI is InChI=1S/C15H15N3O4/c1-2-22-15-9-11(3-8-14(15)19)10-16-17-12-4-6-13(7-5-12)18(20)21/h3-10,17,19H,2H2,1H3. The van der Waals surface area contributed by atoms with Gasteiger partial charge in [0, 0.05) is 12.1 Å². The van der Waals surface area contributed by atoms with Gasteiger partial charge >= 0.3 is 0 Å². The molecule has 0 saturated carbocycles. The van der Waals surface area contributed by atoms with Gasteiger partial charge in [0.2, 0.25) is 0 Å². The molecule has 0 atom stereocenters. The number of hydrogen-bond donors (Lipinski definition) is 2. The molecule has 2 rings (SSSR count). The number of aromatic hydroxyl groups is 1. The minimum absolute atomic E-state index is 0.0226. The molecule has 0 aliphatic carbocycles. The summed E-state index contributed by atoms with van der Waals surface area (Å²) >= 11 is 0. The summed E-state index contributed by atoms with van der Waals surface area (Å²) in [5.41, 5.74) is 4.17. The van der Waals surface area contributed by atoms with Gasteiger partial charge in [-0.3, -0.25) is 15.5 Å². The summed E-state index contributed by atoms with van der Waals surface area (Å²) < 4.78 is 5.28. The highest BCUT2D eigenvalue weighted by molar-refractivity contribution is 5.81. The average Bonchev–Trinajstić information content (AvgIpc) is 2.51. The van der Waals surface area contributed by atoms with Crippen LogP contribution in [0.1, 0.15) is 12.5 Å². The molecule has 22 heavy (non-hydrogen) atoms. The minimum atomic E-state index is -0.460. The van der Waals surface area contributed by atoms with E-state index in [2.05, 4.69) is 10.5 Å². The number of nitro groups is 1. The Morgan fingerprint density at radius 1 is 1.32 bits per heavy atom. The first-order chi connectivity index (χ1) is 10.6. The molecular formula is C15H15N3O4. The van der Waals surface area contributed by atoms with E-state index >= 15 is 0 Å². The highest BCUT2D eigenvalue weighted by Crippen LogP contribution is 2.26. The van der Waals surface area contributed by atoms with E-state index in [0.717, 1.165) is 5.56 Å². The lowest BCUT2D eigenvalue weighted by Crippen LogP contribution is -1.94. The first-order valence-electron chi connectivity index (χ1n) is 6.59. The van der Waals surface area contributed by atoms with Gasteiger partial charge in [0.05, 0.1) is 23.4 Å². The van der Waals surface area contributed by atoms with Crippen molar-refractivity contribution in [3.05, 3.63) is 58.1 Å². The number of nitrogens with one attached hydrogen (secondary N) is 1. The Morgan fingerprint density at radius 3 is 2.68 bits per heavy atom. The monoisotopic (exact) mass is 301 g/mol. The minimum Gasteiger partial charge on any atom is -0.504 e. The summed E-state index contributed by atoms with van der Waals surface area (Å²) in [5.74, 6) is 0.462. The molecule has 2 aromatic carbocycles. The molecule has 7 nitrogen and oxygen atoms in total. The zero-order chi connectivity index (χ0) is 15.9. The Morgan fingerprint density at radius 2 is 2.05 bits per heavy atom. The van der Waals surface area contributed by atoms with Gasteiger partial charge in [0.1, 0.15) is 0 Å². The number of phenols is 1. The lowest BCUT2D eigenvalue weighted by Gasteiger charge is -2.06. The molecule has 0 aliphatic rings. The molecule has 0 aliphatic heterocycles. The smallest absolute Gasteiger partial charge is 0.269 e. The van der Waals surface area contributed by atoms with E-state index in [9.17, 15) is 15.2 Å². The maximum Gasteiger partial charge on any atom is 0.269 e. The number of nitrogens with zero attached hydrogens (tertiary/aromatic N) is 2. The first-order valence-corrected chi connectivity index (χ1v) is 6.59. The maximum absolute atomic E-state index is 10.5. The second-order valence-electron chi connectivity index (χ2n) is 4.33. The molecule has 7 heteroatoms. The second-order valence-corrected chi connectivity index (χ2v) is 4.33. The molecular weight excluding hydrogens is 286 g/mol. The van der Waals surface area contributed by atoms with Crippen molar-refractivity contribution in [3.63, 3.8) is 0 Å². The molecule has 0 radical (unpaired) electrons. The van der Waals surface area contributed by atoms with Crippen LogP contribution in [0, 0.1) is 10.1 Å². The van der Waals surface area contributed by atoms with Crippen LogP contribution in [0.2, 0.25) is 0 Å². The van der Waals surface area contributed by atoms with Crippen LogP contribution in [0.25, 0.3) is 0 Å². The van der Waals surface area contributed by atoms with Gasteiger partial charge in [-0.15, -0.1) is 0 Å². The molecule has 0 heterocycles. The topological polar surface area (TPSA) is 97.0 Å². The molecule has 2 aromatic rings. The molecule has 0 unspecified atom stereocenters.